The highest BCUT2D eigenvalue weighted by Crippen LogP contribution is 2.12. The molecule has 3 heteroatoms. The summed E-state index contributed by atoms with van der Waals surface area (Å²) >= 11 is 0. The van der Waals surface area contributed by atoms with Gasteiger partial charge in [0.15, 0.2) is 0 Å². The predicted molar refractivity (Wildman–Crippen MR) is 46.7 cm³/mol. The molecule has 0 aliphatic carbocycles. The lowest BCUT2D eigenvalue weighted by atomic mass is 10.0. The maximum atomic E-state index is 8.33. The van der Waals surface area contributed by atoms with Crippen LogP contribution in [-0.2, 0) is 4.74 Å². The van der Waals surface area contributed by atoms with Crippen molar-refractivity contribution in [2.45, 2.75) is 38.3 Å². The van der Waals surface area contributed by atoms with Gasteiger partial charge in [0.1, 0.15) is 0 Å². The molecule has 0 saturated carbocycles. The average molecular weight is 168 g/mol. The van der Waals surface area contributed by atoms with E-state index >= 15 is 0 Å². The molecule has 0 radical (unpaired) electrons. The van der Waals surface area contributed by atoms with E-state index in [0.29, 0.717) is 18.6 Å². The number of hydrogen-bond donors (Lipinski definition) is 1. The minimum atomic E-state index is 0.373. The number of nitrogens with zero attached hydrogens (tertiary/aromatic N) is 1. The minimum Gasteiger partial charge on any atom is -0.378 e. The maximum absolute atomic E-state index is 8.33. The highest BCUT2D eigenvalue weighted by Gasteiger charge is 2.17. The van der Waals surface area contributed by atoms with Crippen LogP contribution in [0.15, 0.2) is 0 Å². The third-order valence-corrected chi connectivity index (χ3v) is 2.15. The number of hydrogen-bond acceptors (Lipinski definition) is 3. The summed E-state index contributed by atoms with van der Waals surface area (Å²) < 4.78 is 5.41. The van der Waals surface area contributed by atoms with Crippen LogP contribution in [0.5, 0.6) is 0 Å². The Bertz CT molecular complexity index is 164. The highest BCUT2D eigenvalue weighted by atomic mass is 16.5. The molecule has 1 N–H and O–H groups in total. The molecule has 0 aromatic rings. The Morgan fingerprint density at radius 2 is 2.50 bits per heavy atom. The van der Waals surface area contributed by atoms with Crippen molar-refractivity contribution in [3.63, 3.8) is 0 Å². The lowest BCUT2D eigenvalue weighted by Crippen LogP contribution is -2.38. The van der Waals surface area contributed by atoms with Gasteiger partial charge in [-0.15, -0.1) is 0 Å². The van der Waals surface area contributed by atoms with Gasteiger partial charge in [-0.05, 0) is 19.8 Å². The zero-order chi connectivity index (χ0) is 8.81. The Morgan fingerprint density at radius 1 is 1.67 bits per heavy atom. The van der Waals surface area contributed by atoms with E-state index in [2.05, 4.69) is 18.3 Å². The van der Waals surface area contributed by atoms with Gasteiger partial charge < -0.3 is 10.1 Å². The minimum absolute atomic E-state index is 0.373. The van der Waals surface area contributed by atoms with E-state index in [9.17, 15) is 0 Å². The van der Waals surface area contributed by atoms with Gasteiger partial charge in [0.2, 0.25) is 0 Å². The number of nitriles is 1. The first-order chi connectivity index (χ1) is 5.83. The summed E-state index contributed by atoms with van der Waals surface area (Å²) in [5.41, 5.74) is 0. The van der Waals surface area contributed by atoms with Crippen molar-refractivity contribution in [3.8, 4) is 6.07 Å². The van der Waals surface area contributed by atoms with Gasteiger partial charge in [-0.25, -0.2) is 0 Å². The summed E-state index contributed by atoms with van der Waals surface area (Å²) in [5.74, 6) is 0. The number of ether oxygens (including phenoxy) is 1. The topological polar surface area (TPSA) is 45.0 Å². The van der Waals surface area contributed by atoms with E-state index in [1.165, 1.54) is 0 Å². The fraction of sp³-hybridized carbons (Fsp3) is 0.889. The largest absolute Gasteiger partial charge is 0.378 e. The molecule has 0 aromatic heterocycles. The summed E-state index contributed by atoms with van der Waals surface area (Å²) in [4.78, 5) is 0. The fourth-order valence-corrected chi connectivity index (χ4v) is 1.52. The summed E-state index contributed by atoms with van der Waals surface area (Å²) in [7, 11) is 0. The van der Waals surface area contributed by atoms with Crippen molar-refractivity contribution >= 4 is 0 Å². The first-order valence-corrected chi connectivity index (χ1v) is 4.55. The summed E-state index contributed by atoms with van der Waals surface area (Å²) in [6, 6.07) is 2.68. The lowest BCUT2D eigenvalue weighted by molar-refractivity contribution is 0.0135. The van der Waals surface area contributed by atoms with Crippen LogP contribution in [0.1, 0.15) is 26.2 Å². The molecule has 68 valence electrons. The number of nitrogens with one attached hydrogen (secondary N) is 1. The summed E-state index contributed by atoms with van der Waals surface area (Å²) in [6.07, 6.45) is 3.13. The quantitative estimate of drug-likeness (QED) is 0.641. The fourth-order valence-electron chi connectivity index (χ4n) is 1.52. The molecule has 1 fully saturated rings. The molecule has 12 heavy (non-hydrogen) atoms. The summed E-state index contributed by atoms with van der Waals surface area (Å²) in [5, 5.41) is 11.7. The normalized spacial score (nSPS) is 29.7. The summed E-state index contributed by atoms with van der Waals surface area (Å²) in [6.45, 7) is 3.76. The monoisotopic (exact) mass is 168 g/mol. The Kier molecular flexibility index (Phi) is 4.06. The van der Waals surface area contributed by atoms with E-state index in [4.69, 9.17) is 10.00 Å². The molecule has 2 unspecified atom stereocenters. The smallest absolute Gasteiger partial charge is 0.0635 e. The van der Waals surface area contributed by atoms with Gasteiger partial charge in [0.05, 0.1) is 12.2 Å². The lowest BCUT2D eigenvalue weighted by Gasteiger charge is -2.27. The second-order valence-electron chi connectivity index (χ2n) is 3.26. The van der Waals surface area contributed by atoms with Crippen molar-refractivity contribution < 1.29 is 4.74 Å². The molecule has 1 heterocycles. The zero-order valence-corrected chi connectivity index (χ0v) is 7.55. The van der Waals surface area contributed by atoms with Gasteiger partial charge in [-0.2, -0.15) is 5.26 Å². The van der Waals surface area contributed by atoms with E-state index in [1.54, 1.807) is 0 Å². The van der Waals surface area contributed by atoms with Gasteiger partial charge >= 0.3 is 0 Å². The Morgan fingerprint density at radius 3 is 3.17 bits per heavy atom. The van der Waals surface area contributed by atoms with Crippen LogP contribution in [0.3, 0.4) is 0 Å². The van der Waals surface area contributed by atoms with Gasteiger partial charge in [-0.1, -0.05) is 0 Å². The van der Waals surface area contributed by atoms with Gasteiger partial charge in [-0.3, -0.25) is 0 Å². The SMILES string of the molecule is CC1CC(NCCC#N)CCO1. The van der Waals surface area contributed by atoms with Crippen LogP contribution < -0.4 is 5.32 Å². The molecule has 3 nitrogen and oxygen atoms in total. The highest BCUT2D eigenvalue weighted by molar-refractivity contribution is 4.77. The zero-order valence-electron chi connectivity index (χ0n) is 7.55. The Labute approximate surface area is 73.7 Å². The molecule has 1 rings (SSSR count). The molecule has 0 spiro atoms. The van der Waals surface area contributed by atoms with E-state index in [-0.39, 0.29) is 0 Å². The first kappa shape index (κ1) is 9.50. The van der Waals surface area contributed by atoms with Crippen LogP contribution in [0.25, 0.3) is 0 Å². The molecule has 0 aromatic carbocycles. The maximum Gasteiger partial charge on any atom is 0.0635 e. The Balaban J connectivity index is 2.11. The van der Waals surface area contributed by atoms with Crippen LogP contribution in [-0.4, -0.2) is 25.3 Å². The molecule has 2 atom stereocenters. The molecule has 0 amide bonds. The third-order valence-electron chi connectivity index (χ3n) is 2.15. The van der Waals surface area contributed by atoms with Gasteiger partial charge in [0, 0.05) is 25.6 Å². The molecule has 1 aliphatic rings. The van der Waals surface area contributed by atoms with Crippen molar-refractivity contribution in [2.24, 2.45) is 0 Å². The van der Waals surface area contributed by atoms with Crippen LogP contribution in [0.2, 0.25) is 0 Å². The number of rotatable bonds is 3. The average Bonchev–Trinajstić information content (AvgIpc) is 2.05. The third kappa shape index (κ3) is 3.21. The van der Waals surface area contributed by atoms with Crippen molar-refractivity contribution in [2.75, 3.05) is 13.2 Å². The predicted octanol–water partition coefficient (Wildman–Crippen LogP) is 1.06. The van der Waals surface area contributed by atoms with E-state index < -0.39 is 0 Å². The van der Waals surface area contributed by atoms with Crippen molar-refractivity contribution in [1.29, 1.82) is 5.26 Å². The van der Waals surface area contributed by atoms with Crippen LogP contribution >= 0.6 is 0 Å². The molecule has 0 bridgehead atoms. The molecular formula is C9H16N2O. The molecular weight excluding hydrogens is 152 g/mol. The van der Waals surface area contributed by atoms with Crippen molar-refractivity contribution in [1.82, 2.24) is 5.32 Å². The standard InChI is InChI=1S/C9H16N2O/c1-8-7-9(3-6-12-8)11-5-2-4-10/h8-9,11H,2-3,5-7H2,1H3. The van der Waals surface area contributed by atoms with E-state index in [1.807, 2.05) is 0 Å². The van der Waals surface area contributed by atoms with Crippen LogP contribution in [0.4, 0.5) is 0 Å². The second kappa shape index (κ2) is 5.13. The Hall–Kier alpha value is -0.590. The van der Waals surface area contributed by atoms with Gasteiger partial charge in [0.25, 0.3) is 0 Å². The van der Waals surface area contributed by atoms with E-state index in [0.717, 1.165) is 26.0 Å². The molecule has 1 aliphatic heterocycles. The molecule has 1 saturated heterocycles. The van der Waals surface area contributed by atoms with Crippen molar-refractivity contribution in [3.05, 3.63) is 0 Å². The second-order valence-corrected chi connectivity index (χ2v) is 3.26. The van der Waals surface area contributed by atoms with Crippen LogP contribution in [0, 0.1) is 11.3 Å². The first-order valence-electron chi connectivity index (χ1n) is 4.55.